The summed E-state index contributed by atoms with van der Waals surface area (Å²) in [6, 6.07) is 7.40. The zero-order valence-corrected chi connectivity index (χ0v) is 18.1. The second-order valence-electron chi connectivity index (χ2n) is 9.32. The van der Waals surface area contributed by atoms with E-state index in [0.717, 1.165) is 15.8 Å². The van der Waals surface area contributed by atoms with E-state index in [9.17, 15) is 0 Å². The Morgan fingerprint density at radius 1 is 1.08 bits per heavy atom. The van der Waals surface area contributed by atoms with Gasteiger partial charge in [0.2, 0.25) is 0 Å². The van der Waals surface area contributed by atoms with E-state index < -0.39 is 0 Å². The normalized spacial score (nSPS) is 34.4. The molecule has 1 aromatic rings. The van der Waals surface area contributed by atoms with Crippen LogP contribution in [0.25, 0.3) is 5.57 Å². The van der Waals surface area contributed by atoms with Crippen LogP contribution in [0.1, 0.15) is 75.0 Å². The van der Waals surface area contributed by atoms with E-state index in [1.807, 2.05) is 0 Å². The average Bonchev–Trinajstić information content (AvgIpc) is 2.89. The molecule has 26 heavy (non-hydrogen) atoms. The maximum Gasteiger partial charge on any atom is 0.0121 e. The molecule has 0 N–H and O–H groups in total. The van der Waals surface area contributed by atoms with Crippen LogP contribution in [0.15, 0.2) is 48.1 Å². The molecular weight excluding hydrogens is 427 g/mol. The molecular formula is C25H29I. The van der Waals surface area contributed by atoms with Gasteiger partial charge in [-0.05, 0) is 72.6 Å². The van der Waals surface area contributed by atoms with Crippen molar-refractivity contribution >= 4 is 28.2 Å². The number of halogens is 1. The maximum absolute atomic E-state index is 2.66. The van der Waals surface area contributed by atoms with Crippen LogP contribution in [0.3, 0.4) is 0 Å². The molecule has 0 amide bonds. The molecule has 0 saturated heterocycles. The fourth-order valence-corrected chi connectivity index (χ4v) is 6.89. The van der Waals surface area contributed by atoms with Crippen molar-refractivity contribution in [1.82, 2.24) is 0 Å². The third-order valence-electron chi connectivity index (χ3n) is 7.49. The lowest BCUT2D eigenvalue weighted by Gasteiger charge is -2.37. The van der Waals surface area contributed by atoms with Crippen molar-refractivity contribution in [3.63, 3.8) is 0 Å². The SMILES string of the molecule is CC1(C)C2=C(C=CCC2)c2ccc([C@H]3C=CC4CC(I)CCC4C3)cc21. The molecule has 1 fully saturated rings. The molecule has 5 rings (SSSR count). The van der Waals surface area contributed by atoms with E-state index in [4.69, 9.17) is 0 Å². The summed E-state index contributed by atoms with van der Waals surface area (Å²) in [7, 11) is 0. The highest BCUT2D eigenvalue weighted by molar-refractivity contribution is 14.1. The summed E-state index contributed by atoms with van der Waals surface area (Å²) >= 11 is 2.66. The first kappa shape index (κ1) is 17.3. The van der Waals surface area contributed by atoms with Crippen molar-refractivity contribution < 1.29 is 0 Å². The first-order chi connectivity index (χ1) is 12.5. The number of hydrogen-bond acceptors (Lipinski definition) is 0. The van der Waals surface area contributed by atoms with Gasteiger partial charge >= 0.3 is 0 Å². The highest BCUT2D eigenvalue weighted by Gasteiger charge is 2.38. The van der Waals surface area contributed by atoms with Crippen molar-refractivity contribution in [1.29, 1.82) is 0 Å². The Morgan fingerprint density at radius 2 is 1.96 bits per heavy atom. The zero-order chi connectivity index (χ0) is 17.9. The highest BCUT2D eigenvalue weighted by atomic mass is 127. The summed E-state index contributed by atoms with van der Waals surface area (Å²) in [5, 5.41) is 0. The van der Waals surface area contributed by atoms with Gasteiger partial charge in [0.15, 0.2) is 0 Å². The second-order valence-corrected chi connectivity index (χ2v) is 11.1. The van der Waals surface area contributed by atoms with E-state index in [-0.39, 0.29) is 5.41 Å². The van der Waals surface area contributed by atoms with Crippen molar-refractivity contribution in [3.8, 4) is 0 Å². The molecule has 4 atom stereocenters. The zero-order valence-electron chi connectivity index (χ0n) is 16.0. The van der Waals surface area contributed by atoms with Crippen molar-refractivity contribution in [2.24, 2.45) is 11.8 Å². The van der Waals surface area contributed by atoms with Crippen LogP contribution < -0.4 is 0 Å². The van der Waals surface area contributed by atoms with Crippen molar-refractivity contribution in [3.05, 3.63) is 64.8 Å². The number of alkyl halides is 1. The van der Waals surface area contributed by atoms with E-state index in [1.54, 1.807) is 16.7 Å². The standard InChI is InChI=1S/C25H29I/c1-25(2)23-6-4-3-5-21(23)22-12-10-19(15-24(22)25)16-7-8-18-14-20(26)11-9-17(18)13-16/h3,5,7-8,10,12,15-18,20H,4,6,9,11,13-14H2,1-2H3/t16-,17?,18?,20?/m0/s1. The Kier molecular flexibility index (Phi) is 4.23. The van der Waals surface area contributed by atoms with Crippen molar-refractivity contribution in [2.45, 2.75) is 67.6 Å². The van der Waals surface area contributed by atoms with Gasteiger partial charge < -0.3 is 0 Å². The molecule has 0 nitrogen and oxygen atoms in total. The Morgan fingerprint density at radius 3 is 2.85 bits per heavy atom. The lowest BCUT2D eigenvalue weighted by Crippen LogP contribution is -2.27. The Labute approximate surface area is 172 Å². The third kappa shape index (κ3) is 2.68. The van der Waals surface area contributed by atoms with Crippen LogP contribution in [-0.4, -0.2) is 3.92 Å². The Hall–Kier alpha value is -0.830. The highest BCUT2D eigenvalue weighted by Crippen LogP contribution is 2.51. The number of rotatable bonds is 1. The van der Waals surface area contributed by atoms with Gasteiger partial charge in [0.25, 0.3) is 0 Å². The molecule has 4 aliphatic carbocycles. The van der Waals surface area contributed by atoms with Crippen LogP contribution in [0.2, 0.25) is 0 Å². The fourth-order valence-electron chi connectivity index (χ4n) is 5.94. The van der Waals surface area contributed by atoms with Gasteiger partial charge in [-0.2, -0.15) is 0 Å². The maximum atomic E-state index is 2.66. The predicted molar refractivity (Wildman–Crippen MR) is 120 cm³/mol. The topological polar surface area (TPSA) is 0 Å². The van der Waals surface area contributed by atoms with E-state index >= 15 is 0 Å². The fraction of sp³-hybridized carbons (Fsp3) is 0.520. The third-order valence-corrected chi connectivity index (χ3v) is 8.62. The lowest BCUT2D eigenvalue weighted by atomic mass is 9.69. The quantitative estimate of drug-likeness (QED) is 0.236. The number of hydrogen-bond donors (Lipinski definition) is 0. The Bertz CT molecular complexity index is 823. The minimum absolute atomic E-state index is 0.200. The van der Waals surface area contributed by atoms with Gasteiger partial charge in [-0.3, -0.25) is 0 Å². The van der Waals surface area contributed by atoms with Gasteiger partial charge in [-0.1, -0.05) is 84.5 Å². The Balaban J connectivity index is 1.47. The second kappa shape index (κ2) is 6.36. The molecule has 1 heteroatoms. The molecule has 0 heterocycles. The van der Waals surface area contributed by atoms with Gasteiger partial charge in [-0.15, -0.1) is 0 Å². The first-order valence-corrected chi connectivity index (χ1v) is 11.7. The summed E-state index contributed by atoms with van der Waals surface area (Å²) in [6.45, 7) is 4.87. The summed E-state index contributed by atoms with van der Waals surface area (Å²) in [6.07, 6.45) is 17.9. The molecule has 0 spiro atoms. The molecule has 0 aromatic heterocycles. The van der Waals surface area contributed by atoms with Gasteiger partial charge in [0.05, 0.1) is 0 Å². The van der Waals surface area contributed by atoms with E-state index in [2.05, 4.69) is 78.9 Å². The molecule has 0 radical (unpaired) electrons. The van der Waals surface area contributed by atoms with Crippen LogP contribution in [-0.2, 0) is 5.41 Å². The van der Waals surface area contributed by atoms with Crippen molar-refractivity contribution in [2.75, 3.05) is 0 Å². The minimum Gasteiger partial charge on any atom is -0.0845 e. The largest absolute Gasteiger partial charge is 0.0845 e. The molecule has 0 aliphatic heterocycles. The number of benzene rings is 1. The van der Waals surface area contributed by atoms with E-state index in [0.29, 0.717) is 5.92 Å². The summed E-state index contributed by atoms with van der Waals surface area (Å²) < 4.78 is 0.890. The molecule has 0 bridgehead atoms. The van der Waals surface area contributed by atoms with Crippen LogP contribution in [0.5, 0.6) is 0 Å². The van der Waals surface area contributed by atoms with Crippen LogP contribution in [0, 0.1) is 11.8 Å². The molecule has 4 aliphatic rings. The number of allylic oxidation sites excluding steroid dienone is 6. The van der Waals surface area contributed by atoms with Gasteiger partial charge in [0, 0.05) is 15.3 Å². The summed E-state index contributed by atoms with van der Waals surface area (Å²) in [5.74, 6) is 2.37. The predicted octanol–water partition coefficient (Wildman–Crippen LogP) is 7.34. The first-order valence-electron chi connectivity index (χ1n) is 10.4. The van der Waals surface area contributed by atoms with Crippen LogP contribution >= 0.6 is 22.6 Å². The molecule has 136 valence electrons. The monoisotopic (exact) mass is 456 g/mol. The summed E-state index contributed by atoms with van der Waals surface area (Å²) in [4.78, 5) is 0. The molecule has 1 saturated carbocycles. The smallest absolute Gasteiger partial charge is 0.0121 e. The van der Waals surface area contributed by atoms with Crippen LogP contribution in [0.4, 0.5) is 0 Å². The van der Waals surface area contributed by atoms with E-state index in [1.165, 1.54) is 49.7 Å². The van der Waals surface area contributed by atoms with Gasteiger partial charge in [0.1, 0.15) is 0 Å². The van der Waals surface area contributed by atoms with Gasteiger partial charge in [-0.25, -0.2) is 0 Å². The summed E-state index contributed by atoms with van der Waals surface area (Å²) in [5.41, 5.74) is 7.98. The average molecular weight is 456 g/mol. The number of fused-ring (bicyclic) bond motifs is 3. The molecule has 1 aromatic carbocycles. The molecule has 3 unspecified atom stereocenters. The lowest BCUT2D eigenvalue weighted by molar-refractivity contribution is 0.258. The minimum atomic E-state index is 0.200.